The van der Waals surface area contributed by atoms with Gasteiger partial charge in [0.05, 0.1) is 12.2 Å². The molecule has 3 nitrogen and oxygen atoms in total. The van der Waals surface area contributed by atoms with Crippen LogP contribution in [0.15, 0.2) is 60.7 Å². The van der Waals surface area contributed by atoms with Crippen molar-refractivity contribution in [1.82, 2.24) is 0 Å². The van der Waals surface area contributed by atoms with E-state index < -0.39 is 29.2 Å². The fourth-order valence-electron chi connectivity index (χ4n) is 3.67. The maximum absolute atomic E-state index is 14.4. The minimum Gasteiger partial charge on any atom is -0.494 e. The molecule has 0 saturated carbocycles. The molecule has 3 aromatic rings. The van der Waals surface area contributed by atoms with E-state index in [0.717, 1.165) is 42.9 Å². The fourth-order valence-corrected chi connectivity index (χ4v) is 3.67. The van der Waals surface area contributed by atoms with E-state index in [-0.39, 0.29) is 11.1 Å². The summed E-state index contributed by atoms with van der Waals surface area (Å²) in [5.41, 5.74) is 0.716. The molecule has 6 heteroatoms. The monoisotopic (exact) mass is 508 g/mol. The van der Waals surface area contributed by atoms with Crippen LogP contribution in [0.1, 0.15) is 79.8 Å². The number of ether oxygens (including phenoxy) is 2. The quantitative estimate of drug-likeness (QED) is 0.107. The molecule has 3 aromatic carbocycles. The van der Waals surface area contributed by atoms with Gasteiger partial charge in [-0.1, -0.05) is 63.7 Å². The average molecular weight is 509 g/mol. The fraction of sp³-hybridized carbons (Fsp3) is 0.323. The van der Waals surface area contributed by atoms with Gasteiger partial charge in [0.15, 0.2) is 11.6 Å². The summed E-state index contributed by atoms with van der Waals surface area (Å²) >= 11 is 0. The van der Waals surface area contributed by atoms with E-state index in [4.69, 9.17) is 9.47 Å². The third kappa shape index (κ3) is 9.34. The molecule has 0 fully saturated rings. The zero-order chi connectivity index (χ0) is 26.5. The molecule has 37 heavy (non-hydrogen) atoms. The van der Waals surface area contributed by atoms with E-state index in [1.54, 1.807) is 12.1 Å². The third-order valence-electron chi connectivity index (χ3n) is 5.75. The van der Waals surface area contributed by atoms with Crippen LogP contribution in [0.25, 0.3) is 0 Å². The summed E-state index contributed by atoms with van der Waals surface area (Å²) in [6.07, 6.45) is 9.92. The van der Waals surface area contributed by atoms with Crippen LogP contribution in [0, 0.1) is 29.3 Å². The van der Waals surface area contributed by atoms with Gasteiger partial charge in [-0.3, -0.25) is 0 Å². The Bertz CT molecular complexity index is 1190. The van der Waals surface area contributed by atoms with E-state index in [1.165, 1.54) is 50.7 Å². The number of halogens is 3. The zero-order valence-electron chi connectivity index (χ0n) is 21.0. The molecule has 0 unspecified atom stereocenters. The number of hydrogen-bond donors (Lipinski definition) is 0. The summed E-state index contributed by atoms with van der Waals surface area (Å²) in [6.45, 7) is 2.88. The van der Waals surface area contributed by atoms with Gasteiger partial charge < -0.3 is 9.47 Å². The van der Waals surface area contributed by atoms with Gasteiger partial charge in [-0.2, -0.15) is 0 Å². The molecule has 0 aliphatic carbocycles. The molecular weight excluding hydrogens is 477 g/mol. The van der Waals surface area contributed by atoms with Gasteiger partial charge in [0.2, 0.25) is 5.75 Å². The summed E-state index contributed by atoms with van der Waals surface area (Å²) in [7, 11) is 0. The Morgan fingerprint density at radius 2 is 1.30 bits per heavy atom. The molecule has 194 valence electrons. The van der Waals surface area contributed by atoms with Crippen molar-refractivity contribution in [3.8, 4) is 23.3 Å². The van der Waals surface area contributed by atoms with Crippen molar-refractivity contribution in [2.24, 2.45) is 0 Å². The third-order valence-corrected chi connectivity index (χ3v) is 5.75. The Kier molecular flexibility index (Phi) is 11.1. The molecule has 0 aliphatic rings. The van der Waals surface area contributed by atoms with Crippen LogP contribution < -0.4 is 9.47 Å². The highest BCUT2D eigenvalue weighted by atomic mass is 19.1. The number of carbonyl (C=O) groups is 1. The topological polar surface area (TPSA) is 35.5 Å². The molecule has 0 spiro atoms. The van der Waals surface area contributed by atoms with E-state index in [1.807, 2.05) is 12.1 Å². The minimum absolute atomic E-state index is 0.0331. The highest BCUT2D eigenvalue weighted by Crippen LogP contribution is 2.24. The SMILES string of the molecule is CCCCCCCCCCOc1ccc(C#Cc2cc(F)c(OC(=O)c3ccc(F)cc3)c(F)c2)cc1. The highest BCUT2D eigenvalue weighted by Gasteiger charge is 2.17. The van der Waals surface area contributed by atoms with Gasteiger partial charge in [0.25, 0.3) is 0 Å². The Hall–Kier alpha value is -3.72. The van der Waals surface area contributed by atoms with Crippen molar-refractivity contribution >= 4 is 5.97 Å². The summed E-state index contributed by atoms with van der Waals surface area (Å²) in [5.74, 6) is 1.81. The maximum atomic E-state index is 14.4. The van der Waals surface area contributed by atoms with Crippen LogP contribution in [0.4, 0.5) is 13.2 Å². The van der Waals surface area contributed by atoms with E-state index in [2.05, 4.69) is 18.8 Å². The Morgan fingerprint density at radius 3 is 1.92 bits per heavy atom. The van der Waals surface area contributed by atoms with Crippen LogP contribution in [0.5, 0.6) is 11.5 Å². The largest absolute Gasteiger partial charge is 0.494 e. The van der Waals surface area contributed by atoms with Crippen LogP contribution in [-0.2, 0) is 0 Å². The molecule has 0 aliphatic heterocycles. The number of esters is 1. The molecule has 0 amide bonds. The van der Waals surface area contributed by atoms with Crippen molar-refractivity contribution < 1.29 is 27.4 Å². The van der Waals surface area contributed by atoms with Crippen molar-refractivity contribution in [3.05, 3.63) is 94.8 Å². The second-order valence-corrected chi connectivity index (χ2v) is 8.76. The normalized spacial score (nSPS) is 10.5. The lowest BCUT2D eigenvalue weighted by molar-refractivity contribution is 0.0720. The number of hydrogen-bond acceptors (Lipinski definition) is 3. The molecule has 0 heterocycles. The molecule has 3 rings (SSSR count). The minimum atomic E-state index is -1.07. The molecule has 0 N–H and O–H groups in total. The molecule has 0 radical (unpaired) electrons. The number of benzene rings is 3. The smallest absolute Gasteiger partial charge is 0.343 e. The van der Waals surface area contributed by atoms with Crippen LogP contribution in [-0.4, -0.2) is 12.6 Å². The average Bonchev–Trinajstić information content (AvgIpc) is 2.89. The second-order valence-electron chi connectivity index (χ2n) is 8.76. The first kappa shape index (κ1) is 27.9. The van der Waals surface area contributed by atoms with Crippen molar-refractivity contribution in [2.75, 3.05) is 6.61 Å². The first-order valence-corrected chi connectivity index (χ1v) is 12.7. The number of rotatable bonds is 12. The first-order chi connectivity index (χ1) is 18.0. The maximum Gasteiger partial charge on any atom is 0.343 e. The number of carbonyl (C=O) groups excluding carboxylic acids is 1. The Balaban J connectivity index is 1.49. The molecule has 0 bridgehead atoms. The lowest BCUT2D eigenvalue weighted by atomic mass is 10.1. The second kappa shape index (κ2) is 14.7. The number of unbranched alkanes of at least 4 members (excludes halogenated alkanes) is 7. The van der Waals surface area contributed by atoms with Gasteiger partial charge >= 0.3 is 5.97 Å². The van der Waals surface area contributed by atoms with Gasteiger partial charge in [-0.05, 0) is 67.1 Å². The standard InChI is InChI=1S/C31H31F3O3/c1-2-3-4-5-6-7-8-9-20-36-27-18-12-23(13-19-27)10-11-24-21-28(33)30(29(34)22-24)37-31(35)25-14-16-26(32)17-15-25/h12-19,21-22H,2-9,20H2,1H3. The highest BCUT2D eigenvalue weighted by molar-refractivity contribution is 5.91. The van der Waals surface area contributed by atoms with Crippen LogP contribution in [0.2, 0.25) is 0 Å². The van der Waals surface area contributed by atoms with Gasteiger partial charge in [0.1, 0.15) is 11.6 Å². The molecule has 0 saturated heterocycles. The summed E-state index contributed by atoms with van der Waals surface area (Å²) in [5, 5.41) is 0. The molecule has 0 atom stereocenters. The van der Waals surface area contributed by atoms with E-state index in [0.29, 0.717) is 12.2 Å². The summed E-state index contributed by atoms with van der Waals surface area (Å²) in [4.78, 5) is 12.1. The zero-order valence-corrected chi connectivity index (χ0v) is 21.0. The first-order valence-electron chi connectivity index (χ1n) is 12.7. The Morgan fingerprint density at radius 1 is 0.730 bits per heavy atom. The lowest BCUT2D eigenvalue weighted by Crippen LogP contribution is -2.11. The van der Waals surface area contributed by atoms with E-state index in [9.17, 15) is 18.0 Å². The van der Waals surface area contributed by atoms with Crippen molar-refractivity contribution in [2.45, 2.75) is 58.3 Å². The lowest BCUT2D eigenvalue weighted by Gasteiger charge is -2.07. The van der Waals surface area contributed by atoms with Gasteiger partial charge in [-0.25, -0.2) is 18.0 Å². The van der Waals surface area contributed by atoms with Gasteiger partial charge in [0, 0.05) is 11.1 Å². The summed E-state index contributed by atoms with van der Waals surface area (Å²) in [6, 6.07) is 13.6. The van der Waals surface area contributed by atoms with Crippen LogP contribution >= 0.6 is 0 Å². The summed E-state index contributed by atoms with van der Waals surface area (Å²) < 4.78 is 52.5. The van der Waals surface area contributed by atoms with Gasteiger partial charge in [-0.15, -0.1) is 0 Å². The molecular formula is C31H31F3O3. The predicted octanol–water partition coefficient (Wildman–Crippen LogP) is 8.24. The molecule has 0 aromatic heterocycles. The van der Waals surface area contributed by atoms with Crippen molar-refractivity contribution in [3.63, 3.8) is 0 Å². The van der Waals surface area contributed by atoms with Crippen molar-refractivity contribution in [1.29, 1.82) is 0 Å². The van der Waals surface area contributed by atoms with Crippen LogP contribution in [0.3, 0.4) is 0 Å². The Labute approximate surface area is 216 Å². The predicted molar refractivity (Wildman–Crippen MR) is 138 cm³/mol. The van der Waals surface area contributed by atoms with E-state index >= 15 is 0 Å².